The van der Waals surface area contributed by atoms with Crippen molar-refractivity contribution in [1.82, 2.24) is 10.3 Å². The zero-order chi connectivity index (χ0) is 21.8. The third kappa shape index (κ3) is 5.05. The Kier molecular flexibility index (Phi) is 6.52. The highest BCUT2D eigenvalue weighted by Gasteiger charge is 2.23. The molecule has 1 aromatic heterocycles. The van der Waals surface area contributed by atoms with Crippen LogP contribution in [0.5, 0.6) is 11.6 Å². The van der Waals surface area contributed by atoms with Crippen LogP contribution in [-0.2, 0) is 6.54 Å². The molecule has 1 saturated carbocycles. The number of benzene rings is 2. The van der Waals surface area contributed by atoms with Crippen LogP contribution >= 0.6 is 0 Å². The Hall–Kier alpha value is -2.92. The summed E-state index contributed by atoms with van der Waals surface area (Å²) in [6.45, 7) is 5.54. The van der Waals surface area contributed by atoms with Gasteiger partial charge in [0.15, 0.2) is 0 Å². The molecule has 5 heteroatoms. The van der Waals surface area contributed by atoms with Gasteiger partial charge in [-0.2, -0.15) is 0 Å². The van der Waals surface area contributed by atoms with Gasteiger partial charge in [0.05, 0.1) is 5.56 Å². The lowest BCUT2D eigenvalue weighted by Gasteiger charge is -2.31. The van der Waals surface area contributed by atoms with E-state index < -0.39 is 5.91 Å². The van der Waals surface area contributed by atoms with E-state index in [2.05, 4.69) is 48.4 Å². The molecule has 1 fully saturated rings. The summed E-state index contributed by atoms with van der Waals surface area (Å²) in [5.74, 6) is 2.35. The van der Waals surface area contributed by atoms with E-state index in [0.29, 0.717) is 17.5 Å². The summed E-state index contributed by atoms with van der Waals surface area (Å²) >= 11 is 0. The van der Waals surface area contributed by atoms with E-state index in [1.807, 2.05) is 12.1 Å². The molecule has 2 aromatic carbocycles. The van der Waals surface area contributed by atoms with E-state index in [4.69, 9.17) is 10.5 Å². The predicted molar refractivity (Wildman–Crippen MR) is 124 cm³/mol. The number of carbonyl (C=O) groups is 1. The van der Waals surface area contributed by atoms with Crippen LogP contribution in [0.4, 0.5) is 0 Å². The number of aromatic nitrogens is 1. The lowest BCUT2D eigenvalue weighted by molar-refractivity contribution is 0.1000. The second-order valence-electron chi connectivity index (χ2n) is 8.86. The first-order chi connectivity index (χ1) is 15.0. The van der Waals surface area contributed by atoms with Gasteiger partial charge in [-0.1, -0.05) is 44.2 Å². The minimum absolute atomic E-state index is 0.362. The maximum atomic E-state index is 11.2. The van der Waals surface area contributed by atoms with E-state index in [0.717, 1.165) is 29.5 Å². The predicted octanol–water partition coefficient (Wildman–Crippen LogP) is 5.43. The maximum Gasteiger partial charge on any atom is 0.250 e. The van der Waals surface area contributed by atoms with Crippen molar-refractivity contribution in [2.75, 3.05) is 0 Å². The normalized spacial score (nSPS) is 18.9. The zero-order valence-electron chi connectivity index (χ0n) is 18.3. The van der Waals surface area contributed by atoms with Crippen molar-refractivity contribution in [1.29, 1.82) is 0 Å². The van der Waals surface area contributed by atoms with Gasteiger partial charge in [0.2, 0.25) is 11.8 Å². The molecule has 3 aromatic rings. The van der Waals surface area contributed by atoms with Crippen molar-refractivity contribution < 1.29 is 9.53 Å². The molecule has 0 saturated heterocycles. The molecular weight excluding hydrogens is 386 g/mol. The molecule has 162 valence electrons. The largest absolute Gasteiger partial charge is 0.438 e. The molecule has 1 heterocycles. The lowest BCUT2D eigenvalue weighted by Crippen LogP contribution is -2.33. The minimum Gasteiger partial charge on any atom is -0.438 e. The van der Waals surface area contributed by atoms with Gasteiger partial charge in [0.1, 0.15) is 5.75 Å². The zero-order valence-corrected chi connectivity index (χ0v) is 18.3. The van der Waals surface area contributed by atoms with Gasteiger partial charge in [-0.25, -0.2) is 4.98 Å². The Bertz CT molecular complexity index is 1040. The van der Waals surface area contributed by atoms with Crippen LogP contribution in [0.25, 0.3) is 10.8 Å². The first-order valence-electron chi connectivity index (χ1n) is 11.2. The van der Waals surface area contributed by atoms with Crippen molar-refractivity contribution in [3.05, 3.63) is 65.9 Å². The highest BCUT2D eigenvalue weighted by atomic mass is 16.5. The summed E-state index contributed by atoms with van der Waals surface area (Å²) in [6, 6.07) is 16.3. The van der Waals surface area contributed by atoms with Crippen molar-refractivity contribution in [2.45, 2.75) is 52.1 Å². The Morgan fingerprint density at radius 3 is 2.45 bits per heavy atom. The van der Waals surface area contributed by atoms with E-state index in [-0.39, 0.29) is 0 Å². The highest BCUT2D eigenvalue weighted by molar-refractivity contribution is 5.92. The Labute approximate surface area is 184 Å². The molecule has 4 rings (SSSR count). The van der Waals surface area contributed by atoms with Crippen molar-refractivity contribution in [3.8, 4) is 11.6 Å². The standard InChI is InChI=1S/C26H31N3O2/c1-17(2)18-7-11-21(12-8-18)28-15-19-9-13-24(23-6-4-3-5-22(19)23)31-25-14-10-20(16-29-25)26(27)30/h3-6,9-10,13-14,16-18,21,28H,7-8,11-12,15H2,1-2H3,(H2,27,30)/t18-,21+. The highest BCUT2D eigenvalue weighted by Crippen LogP contribution is 2.33. The van der Waals surface area contributed by atoms with E-state index >= 15 is 0 Å². The van der Waals surface area contributed by atoms with Crippen molar-refractivity contribution in [3.63, 3.8) is 0 Å². The fourth-order valence-corrected chi connectivity index (χ4v) is 4.52. The number of fused-ring (bicyclic) bond motifs is 1. The number of ether oxygens (including phenoxy) is 1. The molecule has 1 aliphatic carbocycles. The van der Waals surface area contributed by atoms with Crippen LogP contribution in [0, 0.1) is 11.8 Å². The quantitative estimate of drug-likeness (QED) is 0.537. The summed E-state index contributed by atoms with van der Waals surface area (Å²) < 4.78 is 6.03. The average molecular weight is 418 g/mol. The summed E-state index contributed by atoms with van der Waals surface area (Å²) in [5.41, 5.74) is 6.92. The van der Waals surface area contributed by atoms with Gasteiger partial charge in [-0.15, -0.1) is 0 Å². The third-order valence-corrected chi connectivity index (χ3v) is 6.51. The van der Waals surface area contributed by atoms with Gasteiger partial charge in [-0.3, -0.25) is 4.79 Å². The van der Waals surface area contributed by atoms with Crippen LogP contribution in [0.3, 0.4) is 0 Å². The number of rotatable bonds is 7. The molecule has 0 atom stereocenters. The molecular formula is C26H31N3O2. The molecule has 0 spiro atoms. The third-order valence-electron chi connectivity index (χ3n) is 6.51. The smallest absolute Gasteiger partial charge is 0.250 e. The first-order valence-corrected chi connectivity index (χ1v) is 11.2. The van der Waals surface area contributed by atoms with Gasteiger partial charge in [0, 0.05) is 30.2 Å². The van der Waals surface area contributed by atoms with Gasteiger partial charge in [-0.05, 0) is 60.6 Å². The molecule has 1 aliphatic rings. The number of pyridine rings is 1. The molecule has 3 N–H and O–H groups in total. The van der Waals surface area contributed by atoms with Crippen LogP contribution in [0.2, 0.25) is 0 Å². The number of primary amides is 1. The van der Waals surface area contributed by atoms with E-state index in [1.54, 1.807) is 12.1 Å². The number of hydrogen-bond acceptors (Lipinski definition) is 4. The number of nitrogens with one attached hydrogen (secondary N) is 1. The number of nitrogens with zero attached hydrogens (tertiary/aromatic N) is 1. The molecule has 0 bridgehead atoms. The summed E-state index contributed by atoms with van der Waals surface area (Å²) in [4.78, 5) is 15.4. The monoisotopic (exact) mass is 417 g/mol. The average Bonchev–Trinajstić information content (AvgIpc) is 2.79. The number of carbonyl (C=O) groups excluding carboxylic acids is 1. The van der Waals surface area contributed by atoms with Crippen molar-refractivity contribution >= 4 is 16.7 Å². The maximum absolute atomic E-state index is 11.2. The molecule has 1 amide bonds. The van der Waals surface area contributed by atoms with Gasteiger partial charge < -0.3 is 15.8 Å². The molecule has 0 aliphatic heterocycles. The fraction of sp³-hybridized carbons (Fsp3) is 0.385. The van der Waals surface area contributed by atoms with Crippen LogP contribution in [0.15, 0.2) is 54.7 Å². The lowest BCUT2D eigenvalue weighted by atomic mass is 9.79. The Balaban J connectivity index is 1.47. The van der Waals surface area contributed by atoms with Crippen LogP contribution < -0.4 is 15.8 Å². The molecule has 31 heavy (non-hydrogen) atoms. The number of hydrogen-bond donors (Lipinski definition) is 2. The van der Waals surface area contributed by atoms with Crippen LogP contribution in [0.1, 0.15) is 55.5 Å². The number of amides is 1. The SMILES string of the molecule is CC(C)[C@H]1CC[C@@H](NCc2ccc(Oc3ccc(C(N)=O)cn3)c3ccccc23)CC1. The van der Waals surface area contributed by atoms with Crippen LogP contribution in [-0.4, -0.2) is 16.9 Å². The summed E-state index contributed by atoms with van der Waals surface area (Å²) in [7, 11) is 0. The number of nitrogens with two attached hydrogens (primary N) is 1. The Morgan fingerprint density at radius 2 is 1.81 bits per heavy atom. The molecule has 0 radical (unpaired) electrons. The van der Waals surface area contributed by atoms with Gasteiger partial charge >= 0.3 is 0 Å². The molecule has 0 unspecified atom stereocenters. The topological polar surface area (TPSA) is 77.2 Å². The summed E-state index contributed by atoms with van der Waals surface area (Å²) in [6.07, 6.45) is 6.60. The molecule has 5 nitrogen and oxygen atoms in total. The fourth-order valence-electron chi connectivity index (χ4n) is 4.52. The Morgan fingerprint density at radius 1 is 1.06 bits per heavy atom. The minimum atomic E-state index is -0.501. The van der Waals surface area contributed by atoms with E-state index in [9.17, 15) is 4.79 Å². The van der Waals surface area contributed by atoms with Crippen molar-refractivity contribution in [2.24, 2.45) is 17.6 Å². The second kappa shape index (κ2) is 9.48. The first kappa shape index (κ1) is 21.3. The van der Waals surface area contributed by atoms with Gasteiger partial charge in [0.25, 0.3) is 0 Å². The van der Waals surface area contributed by atoms with E-state index in [1.165, 1.54) is 42.8 Å². The second-order valence-corrected chi connectivity index (χ2v) is 8.86. The summed E-state index contributed by atoms with van der Waals surface area (Å²) in [5, 5.41) is 6.00.